The number of fused-ring (bicyclic) bond motifs is 12. The van der Waals surface area contributed by atoms with E-state index in [1.165, 1.54) is 10.9 Å². The summed E-state index contributed by atoms with van der Waals surface area (Å²) in [5.74, 6) is 1.78. The van der Waals surface area contributed by atoms with Crippen LogP contribution >= 0.6 is 0 Å². The van der Waals surface area contributed by atoms with E-state index in [0.29, 0.717) is 0 Å². The molecule has 5 heteroatoms. The van der Waals surface area contributed by atoms with Crippen LogP contribution in [-0.2, 0) is 0 Å². The van der Waals surface area contributed by atoms with Gasteiger partial charge in [-0.05, 0) is 37.3 Å². The summed E-state index contributed by atoms with van der Waals surface area (Å²) in [7, 11) is 0. The number of benzene rings is 3. The van der Waals surface area contributed by atoms with E-state index in [4.69, 9.17) is 9.97 Å². The van der Waals surface area contributed by atoms with Crippen LogP contribution in [-0.4, -0.2) is 23.2 Å². The topological polar surface area (TPSA) is 39.0 Å². The number of imidazole rings is 2. The molecule has 0 atom stereocenters. The minimum absolute atomic E-state index is 0.892. The molecule has 0 spiro atoms. The van der Waals surface area contributed by atoms with Crippen LogP contribution in [0.2, 0.25) is 0 Å². The third-order valence-electron chi connectivity index (χ3n) is 5.79. The Morgan fingerprint density at radius 3 is 1.75 bits per heavy atom. The summed E-state index contributed by atoms with van der Waals surface area (Å²) in [5, 5.41) is 1.24. The molecule has 0 N–H and O–H groups in total. The molecule has 0 bridgehead atoms. The fourth-order valence-corrected chi connectivity index (χ4v) is 4.59. The Morgan fingerprint density at radius 1 is 0.571 bits per heavy atom. The monoisotopic (exact) mass is 361 g/mol. The van der Waals surface area contributed by atoms with Gasteiger partial charge in [0.2, 0.25) is 11.6 Å². The Labute approximate surface area is 159 Å². The molecule has 0 aliphatic rings. The Hall–Kier alpha value is -3.86. The van der Waals surface area contributed by atoms with E-state index in [-0.39, 0.29) is 0 Å². The Kier molecular flexibility index (Phi) is 2.39. The van der Waals surface area contributed by atoms with Gasteiger partial charge in [-0.15, -0.1) is 0 Å². The van der Waals surface area contributed by atoms with Gasteiger partial charge in [-0.2, -0.15) is 0 Å². The highest BCUT2D eigenvalue weighted by molar-refractivity contribution is 5.97. The van der Waals surface area contributed by atoms with Crippen molar-refractivity contribution in [3.8, 4) is 0 Å². The quantitative estimate of drug-likeness (QED) is 0.381. The molecule has 0 fully saturated rings. The van der Waals surface area contributed by atoms with E-state index in [1.54, 1.807) is 0 Å². The predicted octanol–water partition coefficient (Wildman–Crippen LogP) is 5.00. The van der Waals surface area contributed by atoms with Crippen molar-refractivity contribution in [1.82, 2.24) is 23.2 Å². The van der Waals surface area contributed by atoms with Crippen molar-refractivity contribution in [3.63, 3.8) is 0 Å². The summed E-state index contributed by atoms with van der Waals surface area (Å²) in [6.07, 6.45) is 0. The van der Waals surface area contributed by atoms with Gasteiger partial charge >= 0.3 is 0 Å². The minimum atomic E-state index is 0.892. The molecule has 4 heterocycles. The average molecular weight is 361 g/mol. The highest BCUT2D eigenvalue weighted by atomic mass is 15.3. The maximum absolute atomic E-state index is 5.00. The first-order valence-electron chi connectivity index (χ1n) is 9.39. The molecule has 28 heavy (non-hydrogen) atoms. The van der Waals surface area contributed by atoms with Crippen LogP contribution in [0, 0.1) is 6.92 Å². The zero-order chi connectivity index (χ0) is 18.4. The number of hydrogen-bond donors (Lipinski definition) is 0. The molecule has 4 aromatic heterocycles. The Bertz CT molecular complexity index is 1700. The van der Waals surface area contributed by atoms with Crippen LogP contribution in [0.15, 0.2) is 72.8 Å². The summed E-state index contributed by atoms with van der Waals surface area (Å²) in [6.45, 7) is 2.19. The maximum atomic E-state index is 5.00. The van der Waals surface area contributed by atoms with Crippen LogP contribution in [0.25, 0.3) is 50.2 Å². The van der Waals surface area contributed by atoms with E-state index in [0.717, 1.165) is 44.8 Å². The predicted molar refractivity (Wildman–Crippen MR) is 112 cm³/mol. The van der Waals surface area contributed by atoms with Crippen molar-refractivity contribution in [2.45, 2.75) is 6.92 Å². The Morgan fingerprint density at radius 2 is 1.07 bits per heavy atom. The van der Waals surface area contributed by atoms with E-state index in [2.05, 4.69) is 80.8 Å². The fraction of sp³-hybridized carbons (Fsp3) is 0.0435. The third-order valence-corrected chi connectivity index (χ3v) is 5.79. The van der Waals surface area contributed by atoms with Gasteiger partial charge in [-0.25, -0.2) is 14.4 Å². The van der Waals surface area contributed by atoms with Crippen LogP contribution in [0.4, 0.5) is 0 Å². The van der Waals surface area contributed by atoms with Crippen molar-refractivity contribution < 1.29 is 0 Å². The van der Waals surface area contributed by atoms with Crippen LogP contribution in [0.5, 0.6) is 0 Å². The van der Waals surface area contributed by atoms with E-state index in [9.17, 15) is 0 Å². The number of rotatable bonds is 0. The first kappa shape index (κ1) is 14.2. The molecule has 0 saturated heterocycles. The molecule has 0 amide bonds. The van der Waals surface area contributed by atoms with Gasteiger partial charge in [0.1, 0.15) is 5.65 Å². The molecule has 132 valence electrons. The minimum Gasteiger partial charge on any atom is -0.264 e. The molecular formula is C23H15N5. The Balaban J connectivity index is 1.98. The number of aromatic nitrogens is 5. The molecule has 7 aromatic rings. The summed E-state index contributed by atoms with van der Waals surface area (Å²) >= 11 is 0. The van der Waals surface area contributed by atoms with Gasteiger partial charge in [0.15, 0.2) is 0 Å². The summed E-state index contributed by atoms with van der Waals surface area (Å²) in [5.41, 5.74) is 7.64. The molecule has 0 saturated carbocycles. The zero-order valence-corrected chi connectivity index (χ0v) is 15.2. The van der Waals surface area contributed by atoms with Crippen LogP contribution in [0.3, 0.4) is 0 Å². The second-order valence-corrected chi connectivity index (χ2v) is 7.27. The smallest absolute Gasteiger partial charge is 0.224 e. The second-order valence-electron chi connectivity index (χ2n) is 7.27. The highest BCUT2D eigenvalue weighted by Crippen LogP contribution is 2.32. The number of hydrogen-bond acceptors (Lipinski definition) is 2. The average Bonchev–Trinajstić information content (AvgIpc) is 3.38. The van der Waals surface area contributed by atoms with Crippen LogP contribution < -0.4 is 0 Å². The van der Waals surface area contributed by atoms with Gasteiger partial charge in [0.05, 0.1) is 27.6 Å². The normalized spacial score (nSPS) is 12.5. The summed E-state index contributed by atoms with van der Waals surface area (Å²) < 4.78 is 6.71. The summed E-state index contributed by atoms with van der Waals surface area (Å²) in [6, 6.07) is 25.1. The first-order valence-corrected chi connectivity index (χ1v) is 9.39. The number of nitrogens with zero attached hydrogens (tertiary/aromatic N) is 5. The van der Waals surface area contributed by atoms with Gasteiger partial charge in [-0.3, -0.25) is 8.80 Å². The lowest BCUT2D eigenvalue weighted by Crippen LogP contribution is -2.03. The lowest BCUT2D eigenvalue weighted by atomic mass is 10.2. The molecule has 5 nitrogen and oxygen atoms in total. The van der Waals surface area contributed by atoms with Gasteiger partial charge in [0.25, 0.3) is 0 Å². The van der Waals surface area contributed by atoms with Crippen molar-refractivity contribution in [1.29, 1.82) is 0 Å². The largest absolute Gasteiger partial charge is 0.264 e. The van der Waals surface area contributed by atoms with Crippen molar-refractivity contribution in [3.05, 3.63) is 78.4 Å². The fourth-order valence-electron chi connectivity index (χ4n) is 4.59. The van der Waals surface area contributed by atoms with E-state index < -0.39 is 0 Å². The molecule has 0 aliphatic carbocycles. The van der Waals surface area contributed by atoms with E-state index in [1.807, 2.05) is 12.1 Å². The summed E-state index contributed by atoms with van der Waals surface area (Å²) in [4.78, 5) is 10.00. The van der Waals surface area contributed by atoms with E-state index >= 15 is 0 Å². The van der Waals surface area contributed by atoms with Gasteiger partial charge in [-0.1, -0.05) is 42.5 Å². The van der Waals surface area contributed by atoms with Gasteiger partial charge in [0, 0.05) is 10.9 Å². The lowest BCUT2D eigenvalue weighted by molar-refractivity contribution is 1.03. The number of para-hydroxylation sites is 5. The van der Waals surface area contributed by atoms with Gasteiger partial charge < -0.3 is 0 Å². The zero-order valence-electron chi connectivity index (χ0n) is 15.2. The first-order chi connectivity index (χ1) is 13.8. The van der Waals surface area contributed by atoms with Crippen molar-refractivity contribution in [2.24, 2.45) is 0 Å². The highest BCUT2D eigenvalue weighted by Gasteiger charge is 2.21. The maximum Gasteiger partial charge on any atom is 0.224 e. The molecule has 3 aromatic carbocycles. The second kappa shape index (κ2) is 4.70. The molecule has 7 rings (SSSR count). The van der Waals surface area contributed by atoms with Crippen LogP contribution in [0.1, 0.15) is 5.56 Å². The molecule has 0 aliphatic heterocycles. The SMILES string of the molecule is Cc1c2ccccc2n2c3nc4ccccc4n3c3nc4ccccc4n3c12. The molecular weight excluding hydrogens is 346 g/mol. The standard InChI is InChI=1S/C23H15N5/c1-14-15-8-2-5-11-18(15)26-21(14)27-19-12-6-3-9-16(19)24-23(27)28-20-13-7-4-10-17(20)25-22(26)28/h2-13H,1H3. The third kappa shape index (κ3) is 1.50. The lowest BCUT2D eigenvalue weighted by Gasteiger charge is -2.07. The van der Waals surface area contributed by atoms with Crippen molar-refractivity contribution in [2.75, 3.05) is 0 Å². The van der Waals surface area contributed by atoms with Crippen molar-refractivity contribution >= 4 is 50.2 Å². The molecule has 0 unspecified atom stereocenters. The number of aryl methyl sites for hydroxylation is 1. The molecule has 0 radical (unpaired) electrons.